The number of hydrogen-bond donors (Lipinski definition) is 0. The summed E-state index contributed by atoms with van der Waals surface area (Å²) in [6.45, 7) is 4.85. The van der Waals surface area contributed by atoms with Crippen LogP contribution in [0.4, 0.5) is 5.69 Å². The first-order valence-electron chi connectivity index (χ1n) is 9.93. The summed E-state index contributed by atoms with van der Waals surface area (Å²) in [5.41, 5.74) is 3.69. The number of nitrogens with zero attached hydrogens (tertiary/aromatic N) is 4. The Labute approximate surface area is 183 Å². The number of aryl methyl sites for hydroxylation is 1. The lowest BCUT2D eigenvalue weighted by molar-refractivity contribution is -0.132. The van der Waals surface area contributed by atoms with Crippen molar-refractivity contribution < 1.29 is 4.79 Å². The molecule has 1 fully saturated rings. The lowest BCUT2D eigenvalue weighted by Crippen LogP contribution is -2.50. The predicted molar refractivity (Wildman–Crippen MR) is 122 cm³/mol. The summed E-state index contributed by atoms with van der Waals surface area (Å²) < 4.78 is 2.23. The Morgan fingerprint density at radius 2 is 1.73 bits per heavy atom. The lowest BCUT2D eigenvalue weighted by Gasteiger charge is -2.36. The zero-order valence-corrected chi connectivity index (χ0v) is 18.4. The summed E-state index contributed by atoms with van der Waals surface area (Å²) in [4.78, 5) is 29.2. The molecule has 0 bridgehead atoms. The van der Waals surface area contributed by atoms with Gasteiger partial charge in [-0.15, -0.1) is 0 Å². The number of aromatic nitrogens is 2. The van der Waals surface area contributed by atoms with Crippen LogP contribution in [0.15, 0.2) is 69.9 Å². The molecule has 0 saturated carbocycles. The third-order valence-electron chi connectivity index (χ3n) is 5.29. The molecular formula is C23H23BrN4O2. The molecule has 1 aliphatic rings. The number of anilines is 1. The highest BCUT2D eigenvalue weighted by Gasteiger charge is 2.22. The van der Waals surface area contributed by atoms with Crippen molar-refractivity contribution in [3.63, 3.8) is 0 Å². The van der Waals surface area contributed by atoms with Gasteiger partial charge in [-0.3, -0.25) is 9.59 Å². The van der Waals surface area contributed by atoms with E-state index < -0.39 is 0 Å². The highest BCUT2D eigenvalue weighted by Crippen LogP contribution is 2.19. The van der Waals surface area contributed by atoms with Crippen LogP contribution in [0.5, 0.6) is 0 Å². The molecule has 0 radical (unpaired) electrons. The standard InChI is InChI=1S/C23H23BrN4O2/c1-17-3-2-4-20(15-17)26-11-13-27(14-12-26)23(30)16-28-22(29)10-9-21(25-28)18-5-7-19(24)8-6-18/h2-10,15H,11-14,16H2,1H3. The number of piperazine rings is 1. The van der Waals surface area contributed by atoms with Crippen LogP contribution in [-0.2, 0) is 11.3 Å². The summed E-state index contributed by atoms with van der Waals surface area (Å²) in [6, 6.07) is 19.2. The Hall–Kier alpha value is -2.93. The molecule has 3 aromatic rings. The Morgan fingerprint density at radius 3 is 2.43 bits per heavy atom. The monoisotopic (exact) mass is 466 g/mol. The number of rotatable bonds is 4. The van der Waals surface area contributed by atoms with Gasteiger partial charge < -0.3 is 9.80 Å². The highest BCUT2D eigenvalue weighted by atomic mass is 79.9. The van der Waals surface area contributed by atoms with E-state index >= 15 is 0 Å². The number of carbonyl (C=O) groups excluding carboxylic acids is 1. The van der Waals surface area contributed by atoms with Crippen LogP contribution < -0.4 is 10.5 Å². The van der Waals surface area contributed by atoms with Crippen LogP contribution in [0, 0.1) is 6.92 Å². The van der Waals surface area contributed by atoms with Crippen LogP contribution in [0.2, 0.25) is 0 Å². The van der Waals surface area contributed by atoms with Gasteiger partial charge in [-0.2, -0.15) is 5.10 Å². The fraction of sp³-hybridized carbons (Fsp3) is 0.261. The molecule has 2 heterocycles. The van der Waals surface area contributed by atoms with Crippen molar-refractivity contribution in [1.29, 1.82) is 0 Å². The molecule has 154 valence electrons. The molecule has 7 heteroatoms. The minimum Gasteiger partial charge on any atom is -0.368 e. The average molecular weight is 467 g/mol. The molecule has 0 unspecified atom stereocenters. The van der Waals surface area contributed by atoms with E-state index in [-0.39, 0.29) is 18.0 Å². The molecule has 1 saturated heterocycles. The SMILES string of the molecule is Cc1cccc(N2CCN(C(=O)Cn3nc(-c4ccc(Br)cc4)ccc3=O)CC2)c1. The van der Waals surface area contributed by atoms with Crippen molar-refractivity contribution in [2.24, 2.45) is 0 Å². The molecular weight excluding hydrogens is 444 g/mol. The van der Waals surface area contributed by atoms with Crippen LogP contribution in [0.25, 0.3) is 11.3 Å². The van der Waals surface area contributed by atoms with Crippen molar-refractivity contribution >= 4 is 27.5 Å². The molecule has 0 N–H and O–H groups in total. The van der Waals surface area contributed by atoms with Gasteiger partial charge >= 0.3 is 0 Å². The van der Waals surface area contributed by atoms with E-state index in [9.17, 15) is 9.59 Å². The third-order valence-corrected chi connectivity index (χ3v) is 5.82. The second-order valence-corrected chi connectivity index (χ2v) is 8.34. The van der Waals surface area contributed by atoms with Gasteiger partial charge in [-0.25, -0.2) is 4.68 Å². The summed E-state index contributed by atoms with van der Waals surface area (Å²) in [6.07, 6.45) is 0. The van der Waals surface area contributed by atoms with E-state index in [1.807, 2.05) is 29.2 Å². The summed E-state index contributed by atoms with van der Waals surface area (Å²) in [5, 5.41) is 4.41. The number of carbonyl (C=O) groups is 1. The molecule has 1 aromatic heterocycles. The van der Waals surface area contributed by atoms with E-state index in [0.29, 0.717) is 18.8 Å². The van der Waals surface area contributed by atoms with Gasteiger partial charge in [0.15, 0.2) is 0 Å². The van der Waals surface area contributed by atoms with Gasteiger partial charge in [0.1, 0.15) is 6.54 Å². The van der Waals surface area contributed by atoms with Crippen molar-refractivity contribution in [2.75, 3.05) is 31.1 Å². The maximum absolute atomic E-state index is 12.8. The molecule has 2 aromatic carbocycles. The molecule has 0 atom stereocenters. The van der Waals surface area contributed by atoms with Gasteiger partial charge in [0.05, 0.1) is 5.69 Å². The Bertz CT molecular complexity index is 1100. The van der Waals surface area contributed by atoms with E-state index in [2.05, 4.69) is 57.1 Å². The Morgan fingerprint density at radius 1 is 1.00 bits per heavy atom. The molecule has 0 aliphatic carbocycles. The van der Waals surface area contributed by atoms with Gasteiger partial charge in [0.25, 0.3) is 5.56 Å². The van der Waals surface area contributed by atoms with E-state index in [0.717, 1.165) is 23.1 Å². The quantitative estimate of drug-likeness (QED) is 0.591. The molecule has 0 spiro atoms. The fourth-order valence-corrected chi connectivity index (χ4v) is 3.87. The van der Waals surface area contributed by atoms with E-state index in [1.54, 1.807) is 6.07 Å². The van der Waals surface area contributed by atoms with Crippen molar-refractivity contribution in [1.82, 2.24) is 14.7 Å². The van der Waals surface area contributed by atoms with Gasteiger partial charge in [-0.05, 0) is 42.8 Å². The van der Waals surface area contributed by atoms with Gasteiger partial charge in [-0.1, -0.05) is 40.2 Å². The first kappa shape index (κ1) is 20.3. The Kier molecular flexibility index (Phi) is 5.99. The maximum Gasteiger partial charge on any atom is 0.267 e. The number of hydrogen-bond acceptors (Lipinski definition) is 4. The number of amides is 1. The number of halogens is 1. The zero-order chi connectivity index (χ0) is 21.1. The second-order valence-electron chi connectivity index (χ2n) is 7.43. The van der Waals surface area contributed by atoms with Crippen molar-refractivity contribution in [3.05, 3.63) is 81.1 Å². The fourth-order valence-electron chi connectivity index (χ4n) is 3.60. The van der Waals surface area contributed by atoms with Crippen LogP contribution in [0.3, 0.4) is 0 Å². The molecule has 1 aliphatic heterocycles. The molecule has 6 nitrogen and oxygen atoms in total. The molecule has 4 rings (SSSR count). The zero-order valence-electron chi connectivity index (χ0n) is 16.8. The predicted octanol–water partition coefficient (Wildman–Crippen LogP) is 3.33. The van der Waals surface area contributed by atoms with E-state index in [4.69, 9.17) is 0 Å². The third kappa shape index (κ3) is 4.62. The molecule has 1 amide bonds. The minimum absolute atomic E-state index is 0.0480. The summed E-state index contributed by atoms with van der Waals surface area (Å²) >= 11 is 3.41. The number of benzene rings is 2. The van der Waals surface area contributed by atoms with E-state index in [1.165, 1.54) is 22.0 Å². The van der Waals surface area contributed by atoms with Gasteiger partial charge in [0.2, 0.25) is 5.91 Å². The van der Waals surface area contributed by atoms with Crippen molar-refractivity contribution in [2.45, 2.75) is 13.5 Å². The van der Waals surface area contributed by atoms with Crippen molar-refractivity contribution in [3.8, 4) is 11.3 Å². The lowest BCUT2D eigenvalue weighted by atomic mass is 10.1. The van der Waals surface area contributed by atoms with Crippen LogP contribution in [-0.4, -0.2) is 46.8 Å². The second kappa shape index (κ2) is 8.83. The summed E-state index contributed by atoms with van der Waals surface area (Å²) in [5.74, 6) is -0.0820. The normalized spacial score (nSPS) is 14.1. The highest BCUT2D eigenvalue weighted by molar-refractivity contribution is 9.10. The smallest absolute Gasteiger partial charge is 0.267 e. The largest absolute Gasteiger partial charge is 0.368 e. The van der Waals surface area contributed by atoms with Gasteiger partial charge in [0, 0.05) is 48.0 Å². The summed E-state index contributed by atoms with van der Waals surface area (Å²) in [7, 11) is 0. The average Bonchev–Trinajstić information content (AvgIpc) is 2.76. The first-order valence-corrected chi connectivity index (χ1v) is 10.7. The maximum atomic E-state index is 12.8. The molecule has 30 heavy (non-hydrogen) atoms. The first-order chi connectivity index (χ1) is 14.5. The minimum atomic E-state index is -0.275. The Balaban J connectivity index is 1.42. The van der Waals surface area contributed by atoms with Crippen LogP contribution in [0.1, 0.15) is 5.56 Å². The van der Waals surface area contributed by atoms with Crippen LogP contribution >= 0.6 is 15.9 Å². The topological polar surface area (TPSA) is 58.4 Å².